The third-order valence-electron chi connectivity index (χ3n) is 2.60. The first-order chi connectivity index (χ1) is 7.86. The number of hydrogen-bond acceptors (Lipinski definition) is 3. The highest BCUT2D eigenvalue weighted by molar-refractivity contribution is 5.79. The normalized spacial score (nSPS) is 21.1. The molecule has 0 spiro atoms. The predicted octanol–water partition coefficient (Wildman–Crippen LogP) is 0.224. The first kappa shape index (κ1) is 13.3. The Kier molecular flexibility index (Phi) is 6.92. The molecule has 5 nitrogen and oxygen atoms in total. The highest BCUT2D eigenvalue weighted by Crippen LogP contribution is 2.12. The summed E-state index contributed by atoms with van der Waals surface area (Å²) >= 11 is 0. The molecule has 1 aliphatic rings. The second-order valence-electron chi connectivity index (χ2n) is 3.91. The van der Waals surface area contributed by atoms with Gasteiger partial charge in [0.1, 0.15) is 0 Å². The van der Waals surface area contributed by atoms with E-state index in [9.17, 15) is 0 Å². The van der Waals surface area contributed by atoms with Gasteiger partial charge in [0.05, 0.1) is 13.2 Å². The van der Waals surface area contributed by atoms with Crippen LogP contribution in [0, 0.1) is 5.92 Å². The molecule has 1 fully saturated rings. The molecule has 1 rings (SSSR count). The summed E-state index contributed by atoms with van der Waals surface area (Å²) in [5.74, 6) is 1.43. The first-order valence-corrected chi connectivity index (χ1v) is 5.90. The van der Waals surface area contributed by atoms with Gasteiger partial charge in [0.2, 0.25) is 0 Å². The number of nitrogens with one attached hydrogen (secondary N) is 2. The second-order valence-corrected chi connectivity index (χ2v) is 3.91. The van der Waals surface area contributed by atoms with Crippen LogP contribution in [0.15, 0.2) is 4.99 Å². The van der Waals surface area contributed by atoms with Crippen molar-refractivity contribution in [2.75, 3.05) is 47.1 Å². The highest BCUT2D eigenvalue weighted by atomic mass is 16.5. The van der Waals surface area contributed by atoms with Gasteiger partial charge in [0.15, 0.2) is 5.96 Å². The van der Waals surface area contributed by atoms with E-state index in [1.807, 2.05) is 7.05 Å². The second kappa shape index (κ2) is 8.35. The number of guanidine groups is 1. The summed E-state index contributed by atoms with van der Waals surface area (Å²) in [6.45, 7) is 4.28. The molecule has 0 amide bonds. The molecular formula is C11H23N3O2. The number of aliphatic imine (C=N–C) groups is 1. The van der Waals surface area contributed by atoms with E-state index in [1.54, 1.807) is 7.05 Å². The Hall–Kier alpha value is -0.810. The molecule has 1 saturated heterocycles. The Balaban J connectivity index is 1.87. The van der Waals surface area contributed by atoms with Crippen molar-refractivity contribution in [3.8, 4) is 0 Å². The summed E-state index contributed by atoms with van der Waals surface area (Å²) in [6.07, 6.45) is 2.14. The Bertz CT molecular complexity index is 203. The molecule has 1 atom stereocenters. The number of rotatable bonds is 6. The van der Waals surface area contributed by atoms with Crippen LogP contribution >= 0.6 is 0 Å². The third kappa shape index (κ3) is 5.32. The molecule has 16 heavy (non-hydrogen) atoms. The van der Waals surface area contributed by atoms with Crippen LogP contribution in [0.4, 0.5) is 0 Å². The van der Waals surface area contributed by atoms with Gasteiger partial charge in [-0.25, -0.2) is 0 Å². The fourth-order valence-electron chi connectivity index (χ4n) is 1.63. The van der Waals surface area contributed by atoms with Gasteiger partial charge in [-0.1, -0.05) is 0 Å². The van der Waals surface area contributed by atoms with E-state index >= 15 is 0 Å². The zero-order valence-corrected chi connectivity index (χ0v) is 10.3. The lowest BCUT2D eigenvalue weighted by atomic mass is 10.1. The van der Waals surface area contributed by atoms with Gasteiger partial charge >= 0.3 is 0 Å². The lowest BCUT2D eigenvalue weighted by Crippen LogP contribution is -2.35. The monoisotopic (exact) mass is 229 g/mol. The van der Waals surface area contributed by atoms with Crippen LogP contribution < -0.4 is 10.6 Å². The van der Waals surface area contributed by atoms with Crippen LogP contribution in [0.1, 0.15) is 12.8 Å². The summed E-state index contributed by atoms with van der Waals surface area (Å²) in [4.78, 5) is 4.02. The highest BCUT2D eigenvalue weighted by Gasteiger charge is 2.14. The van der Waals surface area contributed by atoms with Crippen molar-refractivity contribution in [1.29, 1.82) is 0 Å². The van der Waals surface area contributed by atoms with Gasteiger partial charge in [-0.3, -0.25) is 4.99 Å². The van der Waals surface area contributed by atoms with E-state index in [1.165, 1.54) is 0 Å². The molecule has 2 N–H and O–H groups in total. The summed E-state index contributed by atoms with van der Waals surface area (Å²) in [5, 5.41) is 6.15. The molecule has 0 aromatic carbocycles. The van der Waals surface area contributed by atoms with Crippen molar-refractivity contribution in [1.82, 2.24) is 10.6 Å². The van der Waals surface area contributed by atoms with Gasteiger partial charge in [-0.15, -0.1) is 0 Å². The van der Waals surface area contributed by atoms with Crippen molar-refractivity contribution in [3.05, 3.63) is 0 Å². The van der Waals surface area contributed by atoms with Gasteiger partial charge in [-0.2, -0.15) is 0 Å². The Morgan fingerprint density at radius 1 is 1.56 bits per heavy atom. The Morgan fingerprint density at radius 2 is 2.44 bits per heavy atom. The lowest BCUT2D eigenvalue weighted by molar-refractivity contribution is 0.0888. The van der Waals surface area contributed by atoms with Crippen molar-refractivity contribution in [2.45, 2.75) is 12.8 Å². The van der Waals surface area contributed by atoms with Crippen LogP contribution in [0.25, 0.3) is 0 Å². The van der Waals surface area contributed by atoms with Crippen LogP contribution in [0.5, 0.6) is 0 Å². The van der Waals surface area contributed by atoms with Gasteiger partial charge in [0.25, 0.3) is 0 Å². The zero-order chi connectivity index (χ0) is 11.6. The number of hydrogen-bond donors (Lipinski definition) is 2. The smallest absolute Gasteiger partial charge is 0.190 e. The van der Waals surface area contributed by atoms with Crippen molar-refractivity contribution in [2.24, 2.45) is 10.9 Å². The van der Waals surface area contributed by atoms with E-state index in [-0.39, 0.29) is 0 Å². The topological polar surface area (TPSA) is 54.9 Å². The minimum Gasteiger partial charge on any atom is -0.381 e. The summed E-state index contributed by atoms with van der Waals surface area (Å²) in [5.41, 5.74) is 0. The van der Waals surface area contributed by atoms with E-state index in [0.717, 1.165) is 51.8 Å². The fraction of sp³-hybridized carbons (Fsp3) is 0.909. The van der Waals surface area contributed by atoms with Crippen LogP contribution in [0.2, 0.25) is 0 Å². The van der Waals surface area contributed by atoms with Crippen molar-refractivity contribution in [3.63, 3.8) is 0 Å². The van der Waals surface area contributed by atoms with Crippen LogP contribution in [0.3, 0.4) is 0 Å². The average molecular weight is 229 g/mol. The molecule has 1 unspecified atom stereocenters. The minimum atomic E-state index is 0.609. The largest absolute Gasteiger partial charge is 0.381 e. The first-order valence-electron chi connectivity index (χ1n) is 5.90. The maximum atomic E-state index is 5.59. The Labute approximate surface area is 97.6 Å². The van der Waals surface area contributed by atoms with Gasteiger partial charge < -0.3 is 20.1 Å². The van der Waals surface area contributed by atoms with Gasteiger partial charge in [-0.05, 0) is 12.8 Å². The standard InChI is InChI=1S/C11H23N3O2/c1-12-11(13-2)14-5-3-6-15-8-10-4-7-16-9-10/h10H,3-9H2,1-2H3,(H2,12,13,14). The molecule has 1 heterocycles. The minimum absolute atomic E-state index is 0.609. The molecular weight excluding hydrogens is 206 g/mol. The third-order valence-corrected chi connectivity index (χ3v) is 2.60. The molecule has 0 radical (unpaired) electrons. The number of ether oxygens (including phenoxy) is 2. The maximum absolute atomic E-state index is 5.59. The molecule has 0 aliphatic carbocycles. The number of nitrogens with zero attached hydrogens (tertiary/aromatic N) is 1. The SMILES string of the molecule is CN=C(NC)NCCCOCC1CCOC1. The van der Waals surface area contributed by atoms with E-state index < -0.39 is 0 Å². The van der Waals surface area contributed by atoms with E-state index in [0.29, 0.717) is 5.92 Å². The van der Waals surface area contributed by atoms with Crippen molar-refractivity contribution < 1.29 is 9.47 Å². The molecule has 1 aliphatic heterocycles. The summed E-state index contributed by atoms with van der Waals surface area (Å²) in [6, 6.07) is 0. The molecule has 0 saturated carbocycles. The quantitative estimate of drug-likeness (QED) is 0.389. The molecule has 0 bridgehead atoms. The molecule has 0 aromatic rings. The Morgan fingerprint density at radius 3 is 3.06 bits per heavy atom. The fourth-order valence-corrected chi connectivity index (χ4v) is 1.63. The molecule has 94 valence electrons. The zero-order valence-electron chi connectivity index (χ0n) is 10.3. The van der Waals surface area contributed by atoms with Crippen LogP contribution in [-0.4, -0.2) is 53.0 Å². The molecule has 5 heteroatoms. The van der Waals surface area contributed by atoms with Crippen LogP contribution in [-0.2, 0) is 9.47 Å². The predicted molar refractivity (Wildman–Crippen MR) is 64.8 cm³/mol. The molecule has 0 aromatic heterocycles. The van der Waals surface area contributed by atoms with E-state index in [2.05, 4.69) is 15.6 Å². The lowest BCUT2D eigenvalue weighted by Gasteiger charge is -2.10. The maximum Gasteiger partial charge on any atom is 0.190 e. The van der Waals surface area contributed by atoms with Crippen molar-refractivity contribution >= 4 is 5.96 Å². The average Bonchev–Trinajstić information content (AvgIpc) is 2.81. The summed E-state index contributed by atoms with van der Waals surface area (Å²) < 4.78 is 10.9. The van der Waals surface area contributed by atoms with Gasteiger partial charge in [0, 0.05) is 39.8 Å². The summed E-state index contributed by atoms with van der Waals surface area (Å²) in [7, 11) is 3.61. The van der Waals surface area contributed by atoms with E-state index in [4.69, 9.17) is 9.47 Å².